The summed E-state index contributed by atoms with van der Waals surface area (Å²) < 4.78 is 0. The molecule has 0 atom stereocenters. The van der Waals surface area contributed by atoms with E-state index in [-0.39, 0.29) is 17.5 Å². The van der Waals surface area contributed by atoms with Crippen LogP contribution in [0.25, 0.3) is 0 Å². The summed E-state index contributed by atoms with van der Waals surface area (Å²) in [6.45, 7) is 3.97. The topological polar surface area (TPSA) is 107 Å². The molecule has 0 spiro atoms. The Kier molecular flexibility index (Phi) is 4.00. The Morgan fingerprint density at radius 1 is 1.26 bits per heavy atom. The Balaban J connectivity index is 2.17. The molecule has 0 aliphatic rings. The lowest BCUT2D eigenvalue weighted by molar-refractivity contribution is 0.102. The van der Waals surface area contributed by atoms with E-state index >= 15 is 0 Å². The average Bonchev–Trinajstić information content (AvgIpc) is 2.85. The van der Waals surface area contributed by atoms with Crippen molar-refractivity contribution in [3.63, 3.8) is 0 Å². The Bertz CT molecular complexity index is 597. The highest BCUT2D eigenvalue weighted by atomic mass is 32.1. The summed E-state index contributed by atoms with van der Waals surface area (Å²) in [5, 5.41) is 12.4. The van der Waals surface area contributed by atoms with Crippen LogP contribution in [-0.4, -0.2) is 26.1 Å². The van der Waals surface area contributed by atoms with Crippen LogP contribution >= 0.6 is 11.3 Å². The maximum absolute atomic E-state index is 11.9. The first-order chi connectivity index (χ1) is 9.13. The second-order valence-corrected chi connectivity index (χ2v) is 4.65. The maximum Gasteiger partial charge on any atom is 0.277 e. The number of rotatable bonds is 4. The molecule has 2 rings (SSSR count). The standard InChI is InChI=1S/C11H14N6OS/c1-3-6-7(4-2)16-17-11(14-6)15-9(18)8-5-19-10(12)13-8/h5H,3-4H2,1-2H3,(H2,12,13)(H,14,15,17,18). The van der Waals surface area contributed by atoms with Crippen LogP contribution in [0, 0.1) is 0 Å². The zero-order valence-electron chi connectivity index (χ0n) is 10.7. The number of anilines is 2. The lowest BCUT2D eigenvalue weighted by Crippen LogP contribution is -2.16. The van der Waals surface area contributed by atoms with Crippen molar-refractivity contribution in [1.82, 2.24) is 20.2 Å². The minimum absolute atomic E-state index is 0.186. The van der Waals surface area contributed by atoms with Gasteiger partial charge in [0.25, 0.3) is 5.91 Å². The minimum atomic E-state index is -0.388. The van der Waals surface area contributed by atoms with Gasteiger partial charge < -0.3 is 5.73 Å². The number of amides is 1. The van der Waals surface area contributed by atoms with Gasteiger partial charge in [0, 0.05) is 5.38 Å². The smallest absolute Gasteiger partial charge is 0.277 e. The fraction of sp³-hybridized carbons (Fsp3) is 0.364. The Labute approximate surface area is 114 Å². The number of aryl methyl sites for hydroxylation is 2. The van der Waals surface area contributed by atoms with Crippen LogP contribution in [0.2, 0.25) is 0 Å². The normalized spacial score (nSPS) is 10.4. The Hall–Kier alpha value is -2.09. The first-order valence-corrected chi connectivity index (χ1v) is 6.76. The van der Waals surface area contributed by atoms with Crippen LogP contribution in [0.5, 0.6) is 0 Å². The summed E-state index contributed by atoms with van der Waals surface area (Å²) in [6.07, 6.45) is 1.51. The van der Waals surface area contributed by atoms with Crippen molar-refractivity contribution in [2.24, 2.45) is 0 Å². The molecule has 2 heterocycles. The molecule has 7 nitrogen and oxygen atoms in total. The zero-order valence-corrected chi connectivity index (χ0v) is 11.5. The Morgan fingerprint density at radius 3 is 2.58 bits per heavy atom. The number of aromatic nitrogens is 4. The molecule has 2 aromatic heterocycles. The van der Waals surface area contributed by atoms with Crippen LogP contribution in [-0.2, 0) is 12.8 Å². The van der Waals surface area contributed by atoms with E-state index in [1.165, 1.54) is 11.3 Å². The van der Waals surface area contributed by atoms with Gasteiger partial charge in [-0.1, -0.05) is 13.8 Å². The van der Waals surface area contributed by atoms with Gasteiger partial charge in [0.05, 0.1) is 11.4 Å². The number of nitrogen functional groups attached to an aromatic ring is 1. The predicted octanol–water partition coefficient (Wildman–Crippen LogP) is 1.29. The lowest BCUT2D eigenvalue weighted by Gasteiger charge is -2.05. The van der Waals surface area contributed by atoms with Crippen LogP contribution < -0.4 is 11.1 Å². The van der Waals surface area contributed by atoms with Crippen molar-refractivity contribution in [3.8, 4) is 0 Å². The summed E-state index contributed by atoms with van der Waals surface area (Å²) in [7, 11) is 0. The molecule has 0 bridgehead atoms. The average molecular weight is 278 g/mol. The number of nitrogens with zero attached hydrogens (tertiary/aromatic N) is 4. The first kappa shape index (κ1) is 13.3. The van der Waals surface area contributed by atoms with Gasteiger partial charge in [-0.3, -0.25) is 10.1 Å². The molecular formula is C11H14N6OS. The van der Waals surface area contributed by atoms with Gasteiger partial charge in [0.2, 0.25) is 5.95 Å². The molecule has 0 saturated heterocycles. The maximum atomic E-state index is 11.9. The van der Waals surface area contributed by atoms with E-state index in [0.29, 0.717) is 5.13 Å². The van der Waals surface area contributed by atoms with Gasteiger partial charge in [0.1, 0.15) is 5.69 Å². The van der Waals surface area contributed by atoms with Crippen molar-refractivity contribution in [3.05, 3.63) is 22.5 Å². The van der Waals surface area contributed by atoms with E-state index in [1.54, 1.807) is 5.38 Å². The predicted molar refractivity (Wildman–Crippen MR) is 73.1 cm³/mol. The van der Waals surface area contributed by atoms with E-state index < -0.39 is 0 Å². The molecule has 1 amide bonds. The van der Waals surface area contributed by atoms with Gasteiger partial charge in [-0.25, -0.2) is 9.97 Å². The van der Waals surface area contributed by atoms with Gasteiger partial charge >= 0.3 is 0 Å². The summed E-state index contributed by atoms with van der Waals surface area (Å²) in [6, 6.07) is 0. The van der Waals surface area contributed by atoms with Crippen molar-refractivity contribution in [2.75, 3.05) is 11.1 Å². The van der Waals surface area contributed by atoms with E-state index in [9.17, 15) is 4.79 Å². The molecule has 2 aromatic rings. The number of nitrogens with one attached hydrogen (secondary N) is 1. The third kappa shape index (κ3) is 3.02. The van der Waals surface area contributed by atoms with Crippen LogP contribution in [0.1, 0.15) is 35.7 Å². The lowest BCUT2D eigenvalue weighted by atomic mass is 10.2. The quantitative estimate of drug-likeness (QED) is 0.872. The number of hydrogen-bond acceptors (Lipinski definition) is 7. The molecule has 19 heavy (non-hydrogen) atoms. The van der Waals surface area contributed by atoms with E-state index in [4.69, 9.17) is 5.73 Å². The zero-order chi connectivity index (χ0) is 13.8. The third-order valence-corrected chi connectivity index (χ3v) is 3.16. The van der Waals surface area contributed by atoms with E-state index in [0.717, 1.165) is 24.2 Å². The molecule has 0 fully saturated rings. The van der Waals surface area contributed by atoms with Crippen LogP contribution in [0.4, 0.5) is 11.1 Å². The molecule has 0 aliphatic carbocycles. The molecule has 100 valence electrons. The molecule has 3 N–H and O–H groups in total. The molecule has 0 aromatic carbocycles. The number of carbonyl (C=O) groups excluding carboxylic acids is 1. The second-order valence-electron chi connectivity index (χ2n) is 3.76. The minimum Gasteiger partial charge on any atom is -0.375 e. The van der Waals surface area contributed by atoms with Gasteiger partial charge in [0.15, 0.2) is 5.13 Å². The van der Waals surface area contributed by atoms with E-state index in [2.05, 4.69) is 25.5 Å². The summed E-state index contributed by atoms with van der Waals surface area (Å²) in [4.78, 5) is 20.0. The highest BCUT2D eigenvalue weighted by molar-refractivity contribution is 7.13. The van der Waals surface area contributed by atoms with Crippen molar-refractivity contribution in [1.29, 1.82) is 0 Å². The number of carbonyl (C=O) groups is 1. The largest absolute Gasteiger partial charge is 0.375 e. The van der Waals surface area contributed by atoms with Crippen molar-refractivity contribution in [2.45, 2.75) is 26.7 Å². The Morgan fingerprint density at radius 2 is 2.00 bits per heavy atom. The number of hydrogen-bond donors (Lipinski definition) is 2. The summed E-state index contributed by atoms with van der Waals surface area (Å²) in [5.74, 6) is -0.202. The molecule has 0 radical (unpaired) electrons. The molecular weight excluding hydrogens is 264 g/mol. The number of thiazole rings is 1. The highest BCUT2D eigenvalue weighted by Crippen LogP contribution is 2.12. The van der Waals surface area contributed by atoms with Gasteiger partial charge in [-0.15, -0.1) is 21.5 Å². The second kappa shape index (κ2) is 5.70. The highest BCUT2D eigenvalue weighted by Gasteiger charge is 2.13. The third-order valence-electron chi connectivity index (χ3n) is 2.49. The summed E-state index contributed by atoms with van der Waals surface area (Å²) in [5.41, 5.74) is 7.41. The van der Waals surface area contributed by atoms with Gasteiger partial charge in [-0.2, -0.15) is 0 Å². The molecule has 0 saturated carbocycles. The van der Waals surface area contributed by atoms with Crippen LogP contribution in [0.3, 0.4) is 0 Å². The fourth-order valence-electron chi connectivity index (χ4n) is 1.55. The fourth-order valence-corrected chi connectivity index (χ4v) is 2.09. The first-order valence-electron chi connectivity index (χ1n) is 5.88. The molecule has 8 heteroatoms. The SMILES string of the molecule is CCc1nnc(NC(=O)c2csc(N)n2)nc1CC. The molecule has 0 unspecified atom stereocenters. The van der Waals surface area contributed by atoms with Gasteiger partial charge in [-0.05, 0) is 12.8 Å². The molecule has 0 aliphatic heterocycles. The van der Waals surface area contributed by atoms with E-state index in [1.807, 2.05) is 13.8 Å². The van der Waals surface area contributed by atoms with Crippen molar-refractivity contribution >= 4 is 28.3 Å². The monoisotopic (exact) mass is 278 g/mol. The van der Waals surface area contributed by atoms with Crippen molar-refractivity contribution < 1.29 is 4.79 Å². The van der Waals surface area contributed by atoms with Crippen LogP contribution in [0.15, 0.2) is 5.38 Å². The number of nitrogens with two attached hydrogens (primary N) is 1. The summed E-state index contributed by atoms with van der Waals surface area (Å²) >= 11 is 1.21.